The zero-order valence-corrected chi connectivity index (χ0v) is 12.0. The molecule has 114 valence electrons. The Morgan fingerprint density at radius 2 is 2.14 bits per heavy atom. The highest BCUT2D eigenvalue weighted by atomic mass is 16.5. The number of ether oxygens (including phenoxy) is 1. The molecule has 1 aliphatic rings. The molecule has 1 aromatic rings. The molecule has 2 atom stereocenters. The van der Waals surface area contributed by atoms with Gasteiger partial charge < -0.3 is 20.9 Å². The van der Waals surface area contributed by atoms with Gasteiger partial charge in [0, 0.05) is 17.8 Å². The van der Waals surface area contributed by atoms with Gasteiger partial charge in [-0.05, 0) is 31.4 Å². The Hall–Kier alpha value is -2.24. The molecule has 4 N–H and O–H groups in total. The summed E-state index contributed by atoms with van der Waals surface area (Å²) in [6, 6.07) is 4.73. The number of carbonyl (C=O) groups is 2. The highest BCUT2D eigenvalue weighted by molar-refractivity contribution is 5.97. The number of nitrogens with one attached hydrogen (secondary N) is 1. The smallest absolute Gasteiger partial charge is 0.306 e. The number of nitrogens with two attached hydrogens (primary N) is 1. The number of carbonyl (C=O) groups excluding carboxylic acids is 1. The molecule has 1 aromatic carbocycles. The van der Waals surface area contributed by atoms with E-state index in [1.807, 2.05) is 0 Å². The lowest BCUT2D eigenvalue weighted by Crippen LogP contribution is -2.40. The number of anilines is 1. The number of carboxylic acids is 1. The van der Waals surface area contributed by atoms with Gasteiger partial charge in [0.1, 0.15) is 5.75 Å². The van der Waals surface area contributed by atoms with E-state index in [-0.39, 0.29) is 17.9 Å². The van der Waals surface area contributed by atoms with Gasteiger partial charge in [-0.1, -0.05) is 6.42 Å². The lowest BCUT2D eigenvalue weighted by atomic mass is 9.85. The number of amides is 1. The van der Waals surface area contributed by atoms with Gasteiger partial charge in [0.05, 0.1) is 18.6 Å². The van der Waals surface area contributed by atoms with Crippen molar-refractivity contribution >= 4 is 17.6 Å². The average molecular weight is 292 g/mol. The van der Waals surface area contributed by atoms with E-state index in [0.717, 1.165) is 12.8 Å². The monoisotopic (exact) mass is 292 g/mol. The van der Waals surface area contributed by atoms with Gasteiger partial charge in [-0.2, -0.15) is 0 Å². The Balaban J connectivity index is 2.06. The van der Waals surface area contributed by atoms with Crippen LogP contribution in [0.15, 0.2) is 18.2 Å². The molecular formula is C15H20N2O4. The second kappa shape index (κ2) is 6.47. The number of rotatable bonds is 4. The highest BCUT2D eigenvalue weighted by Crippen LogP contribution is 2.26. The molecule has 0 radical (unpaired) electrons. The third-order valence-corrected chi connectivity index (χ3v) is 3.83. The number of aliphatic carboxylic acids is 1. The largest absolute Gasteiger partial charge is 0.496 e. The lowest BCUT2D eigenvalue weighted by molar-refractivity contribution is -0.143. The van der Waals surface area contributed by atoms with Crippen LogP contribution in [0.25, 0.3) is 0 Å². The van der Waals surface area contributed by atoms with Gasteiger partial charge in [0.2, 0.25) is 0 Å². The maximum atomic E-state index is 12.3. The average Bonchev–Trinajstić information content (AvgIpc) is 2.47. The van der Waals surface area contributed by atoms with E-state index < -0.39 is 5.97 Å². The van der Waals surface area contributed by atoms with E-state index >= 15 is 0 Å². The maximum Gasteiger partial charge on any atom is 0.306 e. The van der Waals surface area contributed by atoms with Crippen molar-refractivity contribution in [3.8, 4) is 5.75 Å². The van der Waals surface area contributed by atoms with Crippen LogP contribution in [-0.4, -0.2) is 30.1 Å². The van der Waals surface area contributed by atoms with E-state index in [1.54, 1.807) is 18.2 Å². The van der Waals surface area contributed by atoms with Crippen LogP contribution >= 0.6 is 0 Å². The molecule has 1 saturated carbocycles. The van der Waals surface area contributed by atoms with Crippen molar-refractivity contribution in [3.63, 3.8) is 0 Å². The zero-order chi connectivity index (χ0) is 15.4. The van der Waals surface area contributed by atoms with Gasteiger partial charge in [0.25, 0.3) is 5.91 Å². The van der Waals surface area contributed by atoms with Crippen molar-refractivity contribution in [2.45, 2.75) is 31.7 Å². The summed E-state index contributed by atoms with van der Waals surface area (Å²) in [7, 11) is 1.48. The summed E-state index contributed by atoms with van der Waals surface area (Å²) >= 11 is 0. The van der Waals surface area contributed by atoms with E-state index in [1.165, 1.54) is 7.11 Å². The fraction of sp³-hybridized carbons (Fsp3) is 0.467. The van der Waals surface area contributed by atoms with Crippen molar-refractivity contribution in [2.75, 3.05) is 12.8 Å². The summed E-state index contributed by atoms with van der Waals surface area (Å²) in [6.45, 7) is 0. The third kappa shape index (κ3) is 3.65. The molecule has 0 heterocycles. The number of benzene rings is 1. The molecule has 6 heteroatoms. The number of methoxy groups -OCH3 is 1. The standard InChI is InChI=1S/C15H20N2O4/c1-21-13-8-10(16)5-6-12(13)14(18)17-11-4-2-3-9(7-11)15(19)20/h5-6,8-9,11H,2-4,7,16H2,1H3,(H,17,18)(H,19,20). The number of carboxylic acid groups (broad SMARTS) is 1. The first-order valence-corrected chi connectivity index (χ1v) is 6.98. The molecule has 2 rings (SSSR count). The molecule has 0 bridgehead atoms. The molecule has 0 spiro atoms. The Morgan fingerprint density at radius 3 is 2.81 bits per heavy atom. The fourth-order valence-corrected chi connectivity index (χ4v) is 2.70. The molecular weight excluding hydrogens is 272 g/mol. The molecule has 1 aliphatic carbocycles. The minimum Gasteiger partial charge on any atom is -0.496 e. The normalized spacial score (nSPS) is 21.6. The zero-order valence-electron chi connectivity index (χ0n) is 12.0. The van der Waals surface area contributed by atoms with Gasteiger partial charge in [-0.15, -0.1) is 0 Å². The predicted molar refractivity (Wildman–Crippen MR) is 78.3 cm³/mol. The summed E-state index contributed by atoms with van der Waals surface area (Å²) in [5.41, 5.74) is 6.59. The van der Waals surface area contributed by atoms with Crippen LogP contribution < -0.4 is 15.8 Å². The highest BCUT2D eigenvalue weighted by Gasteiger charge is 2.28. The van der Waals surface area contributed by atoms with Crippen LogP contribution in [-0.2, 0) is 4.79 Å². The molecule has 1 amide bonds. The van der Waals surface area contributed by atoms with Crippen LogP contribution in [0.2, 0.25) is 0 Å². The van der Waals surface area contributed by atoms with Crippen molar-refractivity contribution in [1.82, 2.24) is 5.32 Å². The summed E-state index contributed by atoms with van der Waals surface area (Å²) in [5, 5.41) is 12.0. The minimum absolute atomic E-state index is 0.116. The Labute approximate surface area is 123 Å². The third-order valence-electron chi connectivity index (χ3n) is 3.83. The van der Waals surface area contributed by atoms with Crippen LogP contribution in [0.3, 0.4) is 0 Å². The van der Waals surface area contributed by atoms with Gasteiger partial charge in [-0.25, -0.2) is 0 Å². The molecule has 6 nitrogen and oxygen atoms in total. The van der Waals surface area contributed by atoms with E-state index in [4.69, 9.17) is 15.6 Å². The molecule has 21 heavy (non-hydrogen) atoms. The minimum atomic E-state index is -0.793. The van der Waals surface area contributed by atoms with Crippen LogP contribution in [0.1, 0.15) is 36.0 Å². The summed E-state index contributed by atoms with van der Waals surface area (Å²) in [4.78, 5) is 23.3. The van der Waals surface area contributed by atoms with E-state index in [0.29, 0.717) is 29.8 Å². The van der Waals surface area contributed by atoms with Crippen LogP contribution in [0.4, 0.5) is 5.69 Å². The molecule has 0 saturated heterocycles. The molecule has 0 aliphatic heterocycles. The van der Waals surface area contributed by atoms with Crippen LogP contribution in [0, 0.1) is 5.92 Å². The number of hydrogen-bond donors (Lipinski definition) is 3. The first-order chi connectivity index (χ1) is 10.0. The topological polar surface area (TPSA) is 102 Å². The van der Waals surface area contributed by atoms with Crippen molar-refractivity contribution in [1.29, 1.82) is 0 Å². The quantitative estimate of drug-likeness (QED) is 0.732. The number of hydrogen-bond acceptors (Lipinski definition) is 4. The number of nitrogen functional groups attached to an aromatic ring is 1. The second-order valence-corrected chi connectivity index (χ2v) is 5.33. The first-order valence-electron chi connectivity index (χ1n) is 6.98. The van der Waals surface area contributed by atoms with Crippen molar-refractivity contribution < 1.29 is 19.4 Å². The van der Waals surface area contributed by atoms with Crippen LogP contribution in [0.5, 0.6) is 5.75 Å². The fourth-order valence-electron chi connectivity index (χ4n) is 2.70. The van der Waals surface area contributed by atoms with Gasteiger partial charge in [0.15, 0.2) is 0 Å². The SMILES string of the molecule is COc1cc(N)ccc1C(=O)NC1CCCC(C(=O)O)C1. The summed E-state index contributed by atoms with van der Waals surface area (Å²) < 4.78 is 5.16. The van der Waals surface area contributed by atoms with E-state index in [2.05, 4.69) is 5.32 Å². The van der Waals surface area contributed by atoms with E-state index in [9.17, 15) is 9.59 Å². The summed E-state index contributed by atoms with van der Waals surface area (Å²) in [5.74, 6) is -1.02. The Kier molecular flexibility index (Phi) is 4.67. The molecule has 0 aromatic heterocycles. The second-order valence-electron chi connectivity index (χ2n) is 5.33. The Bertz CT molecular complexity index is 544. The maximum absolute atomic E-state index is 12.3. The molecule has 2 unspecified atom stereocenters. The summed E-state index contributed by atoms with van der Waals surface area (Å²) in [6.07, 6.45) is 2.75. The Morgan fingerprint density at radius 1 is 1.38 bits per heavy atom. The van der Waals surface area contributed by atoms with Gasteiger partial charge in [-0.3, -0.25) is 9.59 Å². The van der Waals surface area contributed by atoms with Crippen molar-refractivity contribution in [2.24, 2.45) is 5.92 Å². The first kappa shape index (κ1) is 15.2. The predicted octanol–water partition coefficient (Wildman–Crippen LogP) is 1.65. The van der Waals surface area contributed by atoms with Gasteiger partial charge >= 0.3 is 5.97 Å². The van der Waals surface area contributed by atoms with Crippen molar-refractivity contribution in [3.05, 3.63) is 23.8 Å². The lowest BCUT2D eigenvalue weighted by Gasteiger charge is -2.27. The molecule has 1 fully saturated rings.